The monoisotopic (exact) mass is 619 g/mol. The molecule has 232 valence electrons. The van der Waals surface area contributed by atoms with E-state index in [0.29, 0.717) is 37.9 Å². The fourth-order valence-corrected chi connectivity index (χ4v) is 9.43. The number of aliphatic hydroxyl groups is 1. The van der Waals surface area contributed by atoms with Gasteiger partial charge >= 0.3 is 0 Å². The summed E-state index contributed by atoms with van der Waals surface area (Å²) in [6.07, 6.45) is 18.6. The Hall–Kier alpha value is -3.31. The zero-order chi connectivity index (χ0) is 31.2. The largest absolute Gasteiger partial charge is 0.369 e. The van der Waals surface area contributed by atoms with E-state index >= 15 is 0 Å². The molecule has 1 aromatic carbocycles. The second kappa shape index (κ2) is 10.1. The molecular weight excluding hydrogens is 580 g/mol. The molecule has 1 aromatic rings. The van der Waals surface area contributed by atoms with Gasteiger partial charge in [-0.25, -0.2) is 8.78 Å². The summed E-state index contributed by atoms with van der Waals surface area (Å²) in [7, 11) is 2.32. The van der Waals surface area contributed by atoms with E-state index < -0.39 is 38.4 Å². The molecule has 1 spiro atoms. The van der Waals surface area contributed by atoms with E-state index in [-0.39, 0.29) is 5.91 Å². The van der Waals surface area contributed by atoms with Gasteiger partial charge in [-0.05, 0) is 85.4 Å². The van der Waals surface area contributed by atoms with Crippen molar-refractivity contribution in [2.24, 2.45) is 10.4 Å². The molecule has 2 aliphatic carbocycles. The maximum atomic E-state index is 14.5. The molecule has 2 fully saturated rings. The van der Waals surface area contributed by atoms with E-state index in [2.05, 4.69) is 57.4 Å². The fourth-order valence-electron chi connectivity index (χ4n) is 7.60. The van der Waals surface area contributed by atoms with Crippen molar-refractivity contribution < 1.29 is 18.7 Å². The van der Waals surface area contributed by atoms with Crippen molar-refractivity contribution in [1.82, 2.24) is 19.4 Å². The number of benzene rings is 1. The molecule has 4 heterocycles. The highest BCUT2D eigenvalue weighted by molar-refractivity contribution is 8.31. The molecular formula is C34H39F2N5O2S. The van der Waals surface area contributed by atoms with Crippen molar-refractivity contribution in [3.05, 3.63) is 106 Å². The van der Waals surface area contributed by atoms with E-state index in [0.717, 1.165) is 52.0 Å². The van der Waals surface area contributed by atoms with E-state index in [4.69, 9.17) is 4.99 Å². The third-order valence-electron chi connectivity index (χ3n) is 10.3. The summed E-state index contributed by atoms with van der Waals surface area (Å²) in [6.45, 7) is 3.55. The third kappa shape index (κ3) is 4.49. The topological polar surface area (TPSA) is 71.4 Å². The molecule has 3 unspecified atom stereocenters. The summed E-state index contributed by atoms with van der Waals surface area (Å²) in [5.74, 6) is -0.318. The van der Waals surface area contributed by atoms with Crippen LogP contribution in [-0.2, 0) is 10.3 Å². The molecule has 10 heteroatoms. The molecule has 2 N–H and O–H groups in total. The van der Waals surface area contributed by atoms with Gasteiger partial charge in [-0.1, -0.05) is 24.3 Å². The first kappa shape index (κ1) is 29.4. The zero-order valence-electron chi connectivity index (χ0n) is 25.8. The number of allylic oxidation sites excluding steroid dienone is 6. The Morgan fingerprint density at radius 2 is 1.80 bits per heavy atom. The van der Waals surface area contributed by atoms with Gasteiger partial charge in [-0.2, -0.15) is 10.2 Å². The maximum Gasteiger partial charge on any atom is 0.236 e. The highest BCUT2D eigenvalue weighted by atomic mass is 32.3. The first-order chi connectivity index (χ1) is 20.8. The number of carbonyl (C=O) groups is 1. The van der Waals surface area contributed by atoms with Crippen LogP contribution in [0.15, 0.2) is 93.5 Å². The van der Waals surface area contributed by atoms with Gasteiger partial charge in [0.15, 0.2) is 5.56 Å². The number of aliphatic hydroxyl groups excluding tert-OH is 1. The van der Waals surface area contributed by atoms with Crippen molar-refractivity contribution >= 4 is 21.8 Å². The minimum Gasteiger partial charge on any atom is -0.369 e. The number of halogens is 2. The van der Waals surface area contributed by atoms with Crippen molar-refractivity contribution in [2.75, 3.05) is 46.2 Å². The summed E-state index contributed by atoms with van der Waals surface area (Å²) in [4.78, 5) is 22.4. The predicted octanol–water partition coefficient (Wildman–Crippen LogP) is 4.83. The molecule has 1 saturated heterocycles. The van der Waals surface area contributed by atoms with Gasteiger partial charge < -0.3 is 15.3 Å². The van der Waals surface area contributed by atoms with Crippen LogP contribution in [0.1, 0.15) is 31.7 Å². The highest BCUT2D eigenvalue weighted by Crippen LogP contribution is 2.57. The number of carbonyl (C=O) groups excluding carboxylic acids is 1. The van der Waals surface area contributed by atoms with Crippen LogP contribution in [0, 0.1) is 17.0 Å². The summed E-state index contributed by atoms with van der Waals surface area (Å²) in [5, 5.41) is 14.9. The molecule has 1 amide bonds. The number of hydrogen-bond donors (Lipinski definition) is 2. The normalized spacial score (nSPS) is 32.2. The van der Waals surface area contributed by atoms with E-state index in [1.54, 1.807) is 0 Å². The van der Waals surface area contributed by atoms with E-state index in [1.807, 2.05) is 32.1 Å². The second-order valence-corrected chi connectivity index (χ2v) is 17.3. The molecule has 44 heavy (non-hydrogen) atoms. The second-order valence-electron chi connectivity index (χ2n) is 13.5. The highest BCUT2D eigenvalue weighted by Gasteiger charge is 2.54. The Kier molecular flexibility index (Phi) is 6.75. The van der Waals surface area contributed by atoms with Gasteiger partial charge in [0.25, 0.3) is 0 Å². The Labute approximate surface area is 259 Å². The van der Waals surface area contributed by atoms with Crippen molar-refractivity contribution in [3.8, 4) is 0 Å². The van der Waals surface area contributed by atoms with Gasteiger partial charge in [0.1, 0.15) is 17.5 Å². The molecule has 7 rings (SSSR count). The van der Waals surface area contributed by atoms with Crippen LogP contribution in [0.5, 0.6) is 0 Å². The van der Waals surface area contributed by atoms with Crippen LogP contribution in [0.3, 0.4) is 0 Å². The number of likely N-dealkylation sites (N-methyl/N-ethyl adjacent to an activating group) is 2. The third-order valence-corrected chi connectivity index (χ3v) is 13.3. The Morgan fingerprint density at radius 3 is 2.52 bits per heavy atom. The Bertz CT molecular complexity index is 1680. The van der Waals surface area contributed by atoms with Gasteiger partial charge in [0, 0.05) is 56.7 Å². The SMILES string of the molecule is CN1CC=CC2=C1NC(=O)C21CC2=CC3=CC(CN4C(O)S(C)(C)N(C)CC4(C)c4cc(F)cc(F)c4)=CN=C(C=C2C1)C3. The molecule has 0 aromatic heterocycles. The average molecular weight is 620 g/mol. The zero-order valence-corrected chi connectivity index (χ0v) is 26.6. The summed E-state index contributed by atoms with van der Waals surface area (Å²) >= 11 is 0. The first-order valence-corrected chi connectivity index (χ1v) is 17.4. The molecule has 0 radical (unpaired) electrons. The van der Waals surface area contributed by atoms with Crippen LogP contribution in [-0.4, -0.2) is 82.6 Å². The van der Waals surface area contributed by atoms with E-state index in [9.17, 15) is 18.7 Å². The number of fused-ring (bicyclic) bond motifs is 4. The maximum absolute atomic E-state index is 14.5. The fraction of sp³-hybridized carbons (Fsp3) is 0.412. The molecule has 7 nitrogen and oxygen atoms in total. The van der Waals surface area contributed by atoms with E-state index in [1.165, 1.54) is 12.1 Å². The molecule has 4 aliphatic heterocycles. The smallest absolute Gasteiger partial charge is 0.236 e. The number of amides is 1. The van der Waals surface area contributed by atoms with Gasteiger partial charge in [-0.3, -0.25) is 19.0 Å². The Balaban J connectivity index is 1.24. The molecule has 2 bridgehead atoms. The van der Waals surface area contributed by atoms with Crippen molar-refractivity contribution in [2.45, 2.75) is 37.3 Å². The van der Waals surface area contributed by atoms with Gasteiger partial charge in [0.2, 0.25) is 5.91 Å². The molecule has 6 aliphatic rings. The van der Waals surface area contributed by atoms with Gasteiger partial charge in [0.05, 0.1) is 11.0 Å². The first-order valence-electron chi connectivity index (χ1n) is 15.0. The lowest BCUT2D eigenvalue weighted by atomic mass is 9.78. The average Bonchev–Trinajstić information content (AvgIpc) is 3.29. The Morgan fingerprint density at radius 1 is 1.09 bits per heavy atom. The van der Waals surface area contributed by atoms with Crippen LogP contribution in [0.4, 0.5) is 8.78 Å². The summed E-state index contributed by atoms with van der Waals surface area (Å²) in [6, 6.07) is 3.62. The number of hydrogen-bond acceptors (Lipinski definition) is 6. The van der Waals surface area contributed by atoms with Crippen LogP contribution in [0.2, 0.25) is 0 Å². The quantitative estimate of drug-likeness (QED) is 0.508. The lowest BCUT2D eigenvalue weighted by Crippen LogP contribution is -2.62. The van der Waals surface area contributed by atoms with Crippen LogP contribution < -0.4 is 5.32 Å². The minimum absolute atomic E-state index is 0.0516. The number of nitrogens with one attached hydrogen (secondary N) is 1. The summed E-state index contributed by atoms with van der Waals surface area (Å²) in [5.41, 5.74) is 4.43. The van der Waals surface area contributed by atoms with Crippen LogP contribution >= 0.6 is 10.2 Å². The predicted molar refractivity (Wildman–Crippen MR) is 171 cm³/mol. The number of nitrogens with zero attached hydrogens (tertiary/aromatic N) is 4. The van der Waals surface area contributed by atoms with Crippen LogP contribution in [0.25, 0.3) is 0 Å². The van der Waals surface area contributed by atoms with Crippen molar-refractivity contribution in [1.29, 1.82) is 0 Å². The van der Waals surface area contributed by atoms with Gasteiger partial charge in [-0.15, -0.1) is 0 Å². The number of rotatable bonds is 3. The molecule has 3 atom stereocenters. The standard InChI is InChI=1S/C34H39F2N5O2S/c1-33(25-13-26(35)15-27(36)14-25)20-40(3)44(4,5)32(43)41(33)19-22-9-21-10-23-16-34(17-24(23)12-28(11-21)37-18-22)29-7-6-8-39(2)30(29)38-31(34)42/h6-7,9-10,12-15,18,32,43H,8,11,16-17,19-20H2,1-5H3,(H,38,42). The molecule has 1 saturated carbocycles. The lowest BCUT2D eigenvalue weighted by Gasteiger charge is -2.60. The lowest BCUT2D eigenvalue weighted by molar-refractivity contribution is -0.126. The summed E-state index contributed by atoms with van der Waals surface area (Å²) < 4.78 is 31.1. The number of aliphatic imine (C=N–C) groups is 1. The minimum atomic E-state index is -1.64. The van der Waals surface area contributed by atoms with Crippen molar-refractivity contribution in [3.63, 3.8) is 0 Å².